The molecule has 0 saturated carbocycles. The van der Waals surface area contributed by atoms with Crippen LogP contribution in [0.3, 0.4) is 0 Å². The van der Waals surface area contributed by atoms with Crippen LogP contribution in [0.25, 0.3) is 16.8 Å². The smallest absolute Gasteiger partial charge is 0.276 e. The quantitative estimate of drug-likeness (QED) is 0.474. The average molecular weight is 418 g/mol. The van der Waals surface area contributed by atoms with Gasteiger partial charge in [0.15, 0.2) is 0 Å². The maximum Gasteiger partial charge on any atom is 0.276 e. The molecule has 0 aliphatic carbocycles. The van der Waals surface area contributed by atoms with Crippen molar-refractivity contribution < 1.29 is 9.13 Å². The van der Waals surface area contributed by atoms with Crippen molar-refractivity contribution in [3.05, 3.63) is 88.2 Å². The first-order valence-electron chi connectivity index (χ1n) is 10.4. The van der Waals surface area contributed by atoms with Gasteiger partial charge in [-0.1, -0.05) is 30.3 Å². The van der Waals surface area contributed by atoms with Crippen LogP contribution < -0.4 is 5.56 Å². The minimum atomic E-state index is -0.500. The van der Waals surface area contributed by atoms with Crippen LogP contribution >= 0.6 is 0 Å². The van der Waals surface area contributed by atoms with E-state index in [0.717, 1.165) is 29.1 Å². The molecule has 2 unspecified atom stereocenters. The molecule has 1 aliphatic rings. The maximum absolute atomic E-state index is 13.4. The third-order valence-corrected chi connectivity index (χ3v) is 6.02. The van der Waals surface area contributed by atoms with Gasteiger partial charge in [0.05, 0.1) is 17.5 Å². The molecule has 3 aromatic heterocycles. The number of aryl methyl sites for hydroxylation is 1. The molecule has 4 heterocycles. The summed E-state index contributed by atoms with van der Waals surface area (Å²) in [5.74, 6) is 0.544. The molecule has 1 aliphatic heterocycles. The van der Waals surface area contributed by atoms with E-state index in [0.29, 0.717) is 24.2 Å². The molecule has 1 aromatic carbocycles. The van der Waals surface area contributed by atoms with Gasteiger partial charge in [0.25, 0.3) is 5.56 Å². The standard InChI is InChI=1S/C24H23FN4O2/c1-15-18(10-13-31-15)23-27-20(22-24(30)28(2)11-12-29(22)23)14-16-6-8-17(9-7-16)19-4-3-5-21(25)26-19/h3-9,11-12,15,18H,10,13-14H2,1-2H3. The molecular formula is C24H23FN4O2. The molecule has 0 amide bonds. The highest BCUT2D eigenvalue weighted by Gasteiger charge is 2.31. The fourth-order valence-corrected chi connectivity index (χ4v) is 4.29. The van der Waals surface area contributed by atoms with Gasteiger partial charge in [-0.15, -0.1) is 0 Å². The number of benzene rings is 1. The molecule has 4 aromatic rings. The number of fused-ring (bicyclic) bond motifs is 1. The van der Waals surface area contributed by atoms with Crippen molar-refractivity contribution >= 4 is 5.52 Å². The molecule has 158 valence electrons. The van der Waals surface area contributed by atoms with Gasteiger partial charge in [0, 0.05) is 44.0 Å². The lowest BCUT2D eigenvalue weighted by Crippen LogP contribution is -2.20. The molecule has 2 atom stereocenters. The molecule has 0 radical (unpaired) electrons. The first-order chi connectivity index (χ1) is 15.0. The molecule has 31 heavy (non-hydrogen) atoms. The van der Waals surface area contributed by atoms with E-state index in [2.05, 4.69) is 11.9 Å². The molecule has 7 heteroatoms. The number of aromatic nitrogens is 4. The maximum atomic E-state index is 13.4. The highest BCUT2D eigenvalue weighted by Crippen LogP contribution is 2.31. The van der Waals surface area contributed by atoms with Crippen molar-refractivity contribution in [3.8, 4) is 11.3 Å². The molecule has 0 bridgehead atoms. The Labute approximate surface area is 179 Å². The number of pyridine rings is 1. The van der Waals surface area contributed by atoms with E-state index < -0.39 is 5.95 Å². The Morgan fingerprint density at radius 1 is 1.13 bits per heavy atom. The fourth-order valence-electron chi connectivity index (χ4n) is 4.29. The summed E-state index contributed by atoms with van der Waals surface area (Å²) in [5.41, 5.74) is 3.75. The summed E-state index contributed by atoms with van der Waals surface area (Å²) >= 11 is 0. The van der Waals surface area contributed by atoms with Crippen molar-refractivity contribution in [1.82, 2.24) is 18.9 Å². The van der Waals surface area contributed by atoms with E-state index in [1.807, 2.05) is 34.9 Å². The number of hydrogen-bond donors (Lipinski definition) is 0. The summed E-state index contributed by atoms with van der Waals surface area (Å²) in [4.78, 5) is 21.8. The Morgan fingerprint density at radius 3 is 2.65 bits per heavy atom. The van der Waals surface area contributed by atoms with Gasteiger partial charge in [-0.05, 0) is 31.0 Å². The minimum Gasteiger partial charge on any atom is -0.378 e. The van der Waals surface area contributed by atoms with Crippen molar-refractivity contribution in [2.24, 2.45) is 7.05 Å². The highest BCUT2D eigenvalue weighted by atomic mass is 19.1. The topological polar surface area (TPSA) is 61.4 Å². The number of halogens is 1. The number of nitrogens with zero attached hydrogens (tertiary/aromatic N) is 4. The lowest BCUT2D eigenvalue weighted by molar-refractivity contribution is 0.117. The summed E-state index contributed by atoms with van der Waals surface area (Å²) in [6.07, 6.45) is 5.17. The highest BCUT2D eigenvalue weighted by molar-refractivity contribution is 5.60. The van der Waals surface area contributed by atoms with Crippen LogP contribution in [0, 0.1) is 5.95 Å². The Bertz CT molecular complexity index is 1310. The molecule has 0 N–H and O–H groups in total. The van der Waals surface area contributed by atoms with Crippen LogP contribution in [0.2, 0.25) is 0 Å². The SMILES string of the molecule is CC1OCCC1c1nc(Cc2ccc(-c3cccc(F)n3)cc2)c2c(=O)n(C)ccn12. The predicted octanol–water partition coefficient (Wildman–Crippen LogP) is 3.72. The molecule has 5 rings (SSSR count). The summed E-state index contributed by atoms with van der Waals surface area (Å²) < 4.78 is 22.7. The predicted molar refractivity (Wildman–Crippen MR) is 116 cm³/mol. The lowest BCUT2D eigenvalue weighted by Gasteiger charge is -2.12. The Kier molecular flexibility index (Phi) is 4.90. The Hall–Kier alpha value is -3.32. The molecule has 1 fully saturated rings. The van der Waals surface area contributed by atoms with Crippen LogP contribution in [0.4, 0.5) is 4.39 Å². The van der Waals surface area contributed by atoms with E-state index >= 15 is 0 Å². The van der Waals surface area contributed by atoms with Gasteiger partial charge in [-0.3, -0.25) is 9.20 Å². The molecule has 6 nitrogen and oxygen atoms in total. The van der Waals surface area contributed by atoms with E-state index in [9.17, 15) is 9.18 Å². The van der Waals surface area contributed by atoms with Crippen molar-refractivity contribution in [1.29, 1.82) is 0 Å². The van der Waals surface area contributed by atoms with Crippen LogP contribution in [0.5, 0.6) is 0 Å². The Balaban J connectivity index is 1.53. The number of ether oxygens (including phenoxy) is 1. The van der Waals surface area contributed by atoms with Gasteiger partial charge < -0.3 is 9.30 Å². The second-order valence-corrected chi connectivity index (χ2v) is 8.04. The summed E-state index contributed by atoms with van der Waals surface area (Å²) in [6.45, 7) is 2.76. The van der Waals surface area contributed by atoms with Crippen molar-refractivity contribution in [2.45, 2.75) is 31.8 Å². The van der Waals surface area contributed by atoms with Gasteiger partial charge in [0.2, 0.25) is 5.95 Å². The number of rotatable bonds is 4. The van der Waals surface area contributed by atoms with Gasteiger partial charge in [0.1, 0.15) is 11.3 Å². The monoisotopic (exact) mass is 418 g/mol. The van der Waals surface area contributed by atoms with Crippen LogP contribution in [0.15, 0.2) is 59.7 Å². The molecular weight excluding hydrogens is 395 g/mol. The van der Waals surface area contributed by atoms with Crippen molar-refractivity contribution in [3.63, 3.8) is 0 Å². The number of imidazole rings is 1. The second-order valence-electron chi connectivity index (χ2n) is 8.04. The fraction of sp³-hybridized carbons (Fsp3) is 0.292. The number of hydrogen-bond acceptors (Lipinski definition) is 4. The third kappa shape index (κ3) is 3.55. The summed E-state index contributed by atoms with van der Waals surface area (Å²) in [6, 6.07) is 12.5. The van der Waals surface area contributed by atoms with E-state index in [1.54, 1.807) is 29.9 Å². The first kappa shape index (κ1) is 19.6. The summed E-state index contributed by atoms with van der Waals surface area (Å²) in [7, 11) is 1.75. The third-order valence-electron chi connectivity index (χ3n) is 6.02. The van der Waals surface area contributed by atoms with Gasteiger partial charge in [-0.25, -0.2) is 9.97 Å². The zero-order valence-corrected chi connectivity index (χ0v) is 17.5. The first-order valence-corrected chi connectivity index (χ1v) is 10.4. The van der Waals surface area contributed by atoms with Crippen LogP contribution in [-0.2, 0) is 18.2 Å². The van der Waals surface area contributed by atoms with E-state index in [4.69, 9.17) is 9.72 Å². The molecule has 0 spiro atoms. The van der Waals surface area contributed by atoms with Gasteiger partial charge >= 0.3 is 0 Å². The van der Waals surface area contributed by atoms with Gasteiger partial charge in [-0.2, -0.15) is 4.39 Å². The van der Waals surface area contributed by atoms with E-state index in [-0.39, 0.29) is 17.6 Å². The zero-order valence-electron chi connectivity index (χ0n) is 17.5. The summed E-state index contributed by atoms with van der Waals surface area (Å²) in [5, 5.41) is 0. The van der Waals surface area contributed by atoms with E-state index in [1.165, 1.54) is 6.07 Å². The average Bonchev–Trinajstić information content (AvgIpc) is 3.34. The van der Waals surface area contributed by atoms with Crippen LogP contribution in [0.1, 0.15) is 36.3 Å². The normalized spacial score (nSPS) is 18.7. The minimum absolute atomic E-state index is 0.0663. The zero-order chi connectivity index (χ0) is 21.5. The lowest BCUT2D eigenvalue weighted by atomic mass is 10.0. The van der Waals surface area contributed by atoms with Crippen molar-refractivity contribution in [2.75, 3.05) is 6.61 Å². The molecule has 1 saturated heterocycles. The van der Waals surface area contributed by atoms with Crippen LogP contribution in [-0.4, -0.2) is 31.6 Å². The second kappa shape index (κ2) is 7.74. The Morgan fingerprint density at radius 2 is 1.94 bits per heavy atom. The largest absolute Gasteiger partial charge is 0.378 e.